The number of methoxy groups -OCH3 is 2. The Balaban J connectivity index is 1.54. The molecule has 1 aliphatic rings. The minimum absolute atomic E-state index is 0.0687. The standard InChI is InChI=1S/C18H20N4O4S/c1-24-8-6-11-9-12-14(19-7-5-15(12)26-11)10-27(23)18-20-13-3-4-16(25-2)21-17(13)22-18/h3-5,7,11H,6,8-10H2,1-2H3,(H,20,21,22). The van der Waals surface area contributed by atoms with Gasteiger partial charge >= 0.3 is 0 Å². The number of hydrogen-bond acceptors (Lipinski definition) is 7. The number of imidazole rings is 1. The van der Waals surface area contributed by atoms with Gasteiger partial charge in [0.25, 0.3) is 0 Å². The Labute approximate surface area is 158 Å². The van der Waals surface area contributed by atoms with E-state index in [0.29, 0.717) is 28.8 Å². The van der Waals surface area contributed by atoms with Gasteiger partial charge in [-0.3, -0.25) is 9.19 Å². The Hall–Kier alpha value is -2.52. The number of fused-ring (bicyclic) bond motifs is 2. The molecule has 0 saturated carbocycles. The first-order valence-electron chi connectivity index (χ1n) is 8.59. The summed E-state index contributed by atoms with van der Waals surface area (Å²) in [5.74, 6) is 1.54. The predicted octanol–water partition coefficient (Wildman–Crippen LogP) is 2.01. The van der Waals surface area contributed by atoms with Gasteiger partial charge in [-0.1, -0.05) is 0 Å². The van der Waals surface area contributed by atoms with Crippen LogP contribution >= 0.6 is 0 Å². The van der Waals surface area contributed by atoms with Crippen molar-refractivity contribution >= 4 is 22.0 Å². The average molecular weight is 388 g/mol. The van der Waals surface area contributed by atoms with E-state index in [0.717, 1.165) is 29.8 Å². The Kier molecular flexibility index (Phi) is 5.04. The third kappa shape index (κ3) is 3.65. The highest BCUT2D eigenvalue weighted by Gasteiger charge is 2.27. The van der Waals surface area contributed by atoms with Crippen LogP contribution in [-0.4, -0.2) is 51.1 Å². The van der Waals surface area contributed by atoms with Gasteiger partial charge < -0.3 is 19.2 Å². The van der Waals surface area contributed by atoms with Crippen LogP contribution in [-0.2, 0) is 27.7 Å². The molecule has 27 heavy (non-hydrogen) atoms. The summed E-state index contributed by atoms with van der Waals surface area (Å²) in [6, 6.07) is 5.39. The van der Waals surface area contributed by atoms with Gasteiger partial charge in [0.1, 0.15) is 11.9 Å². The normalized spacial score (nSPS) is 16.9. The minimum Gasteiger partial charge on any atom is -0.490 e. The van der Waals surface area contributed by atoms with Crippen molar-refractivity contribution in [3.63, 3.8) is 0 Å². The molecule has 0 saturated heterocycles. The molecule has 142 valence electrons. The molecule has 3 aromatic heterocycles. The SMILES string of the molecule is COCCC1Cc2c(ccnc2CS(=O)c2nc3nc(OC)ccc3[nH]2)O1. The van der Waals surface area contributed by atoms with Crippen LogP contribution in [0.4, 0.5) is 0 Å². The lowest BCUT2D eigenvalue weighted by molar-refractivity contribution is 0.138. The van der Waals surface area contributed by atoms with Crippen LogP contribution in [0.3, 0.4) is 0 Å². The van der Waals surface area contributed by atoms with Crippen LogP contribution in [0.1, 0.15) is 17.7 Å². The molecule has 3 aromatic rings. The van der Waals surface area contributed by atoms with Gasteiger partial charge in [-0.05, 0) is 12.1 Å². The topological polar surface area (TPSA) is 99.2 Å². The second kappa shape index (κ2) is 7.61. The van der Waals surface area contributed by atoms with Crippen molar-refractivity contribution in [2.45, 2.75) is 29.9 Å². The van der Waals surface area contributed by atoms with Crippen LogP contribution in [0.15, 0.2) is 29.6 Å². The van der Waals surface area contributed by atoms with Crippen molar-refractivity contribution in [1.29, 1.82) is 0 Å². The molecule has 4 rings (SSSR count). The van der Waals surface area contributed by atoms with Crippen LogP contribution in [0, 0.1) is 0 Å². The quantitative estimate of drug-likeness (QED) is 0.661. The van der Waals surface area contributed by atoms with E-state index in [1.807, 2.05) is 12.1 Å². The number of nitrogens with one attached hydrogen (secondary N) is 1. The van der Waals surface area contributed by atoms with E-state index < -0.39 is 10.8 Å². The number of rotatable bonds is 7. The second-order valence-corrected chi connectivity index (χ2v) is 7.58. The number of aromatic nitrogens is 4. The Morgan fingerprint density at radius 2 is 2.19 bits per heavy atom. The van der Waals surface area contributed by atoms with Crippen LogP contribution < -0.4 is 9.47 Å². The predicted molar refractivity (Wildman–Crippen MR) is 99.4 cm³/mol. The molecule has 0 fully saturated rings. The molecule has 2 atom stereocenters. The molecular formula is C18H20N4O4S. The zero-order valence-electron chi connectivity index (χ0n) is 15.1. The van der Waals surface area contributed by atoms with Gasteiger partial charge in [-0.2, -0.15) is 4.98 Å². The molecule has 0 spiro atoms. The first-order valence-corrected chi connectivity index (χ1v) is 9.91. The molecular weight excluding hydrogens is 368 g/mol. The van der Waals surface area contributed by atoms with Crippen molar-refractivity contribution in [1.82, 2.24) is 19.9 Å². The number of ether oxygens (including phenoxy) is 3. The largest absolute Gasteiger partial charge is 0.490 e. The minimum atomic E-state index is -1.37. The summed E-state index contributed by atoms with van der Waals surface area (Å²) in [4.78, 5) is 16.1. The molecule has 0 amide bonds. The highest BCUT2D eigenvalue weighted by atomic mass is 32.2. The van der Waals surface area contributed by atoms with Gasteiger partial charge in [-0.25, -0.2) is 4.98 Å². The highest BCUT2D eigenvalue weighted by Crippen LogP contribution is 2.32. The fraction of sp³-hybridized carbons (Fsp3) is 0.389. The molecule has 2 unspecified atom stereocenters. The van der Waals surface area contributed by atoms with Crippen molar-refractivity contribution in [3.8, 4) is 11.6 Å². The smallest absolute Gasteiger partial charge is 0.215 e. The van der Waals surface area contributed by atoms with E-state index in [2.05, 4.69) is 19.9 Å². The summed E-state index contributed by atoms with van der Waals surface area (Å²) in [5.41, 5.74) is 2.99. The summed E-state index contributed by atoms with van der Waals surface area (Å²) in [6.45, 7) is 0.642. The maximum atomic E-state index is 12.8. The zero-order chi connectivity index (χ0) is 18.8. The third-order valence-corrected chi connectivity index (χ3v) is 5.62. The molecule has 8 nitrogen and oxygen atoms in total. The first-order chi connectivity index (χ1) is 13.2. The third-order valence-electron chi connectivity index (χ3n) is 4.46. The summed E-state index contributed by atoms with van der Waals surface area (Å²) in [6.07, 6.45) is 3.32. The van der Waals surface area contributed by atoms with Gasteiger partial charge in [-0.15, -0.1) is 0 Å². The molecule has 1 N–H and O–H groups in total. The van der Waals surface area contributed by atoms with E-state index in [1.165, 1.54) is 0 Å². The van der Waals surface area contributed by atoms with E-state index in [4.69, 9.17) is 14.2 Å². The van der Waals surface area contributed by atoms with Crippen molar-refractivity contribution in [2.75, 3.05) is 20.8 Å². The number of pyridine rings is 2. The molecule has 0 aromatic carbocycles. The molecule has 9 heteroatoms. The fourth-order valence-corrected chi connectivity index (χ4v) is 4.14. The first kappa shape index (κ1) is 17.9. The van der Waals surface area contributed by atoms with E-state index in [-0.39, 0.29) is 11.9 Å². The molecule has 0 aliphatic carbocycles. The van der Waals surface area contributed by atoms with E-state index >= 15 is 0 Å². The molecule has 0 radical (unpaired) electrons. The molecule has 0 bridgehead atoms. The van der Waals surface area contributed by atoms with Crippen molar-refractivity contribution in [3.05, 3.63) is 35.7 Å². The van der Waals surface area contributed by atoms with E-state index in [1.54, 1.807) is 26.5 Å². The summed E-state index contributed by atoms with van der Waals surface area (Å²) in [7, 11) is 1.85. The lowest BCUT2D eigenvalue weighted by Crippen LogP contribution is -2.15. The average Bonchev–Trinajstić information content (AvgIpc) is 3.30. The maximum Gasteiger partial charge on any atom is 0.215 e. The number of hydrogen-bond donors (Lipinski definition) is 1. The highest BCUT2D eigenvalue weighted by molar-refractivity contribution is 7.84. The molecule has 4 heterocycles. The fourth-order valence-electron chi connectivity index (χ4n) is 3.10. The van der Waals surface area contributed by atoms with Gasteiger partial charge in [0.15, 0.2) is 10.8 Å². The zero-order valence-corrected chi connectivity index (χ0v) is 15.9. The van der Waals surface area contributed by atoms with Gasteiger partial charge in [0, 0.05) is 44.4 Å². The Morgan fingerprint density at radius 1 is 1.30 bits per heavy atom. The number of aromatic amines is 1. The Bertz CT molecular complexity index is 991. The van der Waals surface area contributed by atoms with Crippen LogP contribution in [0.5, 0.6) is 11.6 Å². The van der Waals surface area contributed by atoms with Crippen LogP contribution in [0.25, 0.3) is 11.2 Å². The maximum absolute atomic E-state index is 12.8. The second-order valence-electron chi connectivity index (χ2n) is 6.22. The van der Waals surface area contributed by atoms with Gasteiger partial charge in [0.2, 0.25) is 5.88 Å². The van der Waals surface area contributed by atoms with Crippen molar-refractivity contribution in [2.24, 2.45) is 0 Å². The number of H-pyrrole nitrogens is 1. The van der Waals surface area contributed by atoms with E-state index in [9.17, 15) is 4.21 Å². The molecule has 1 aliphatic heterocycles. The number of nitrogens with zero attached hydrogens (tertiary/aromatic N) is 3. The lowest BCUT2D eigenvalue weighted by Gasteiger charge is -2.08. The Morgan fingerprint density at radius 3 is 3.00 bits per heavy atom. The monoisotopic (exact) mass is 388 g/mol. The van der Waals surface area contributed by atoms with Crippen molar-refractivity contribution < 1.29 is 18.4 Å². The summed E-state index contributed by atoms with van der Waals surface area (Å²) < 4.78 is 29.0. The summed E-state index contributed by atoms with van der Waals surface area (Å²) in [5, 5.41) is 0.375. The van der Waals surface area contributed by atoms with Gasteiger partial charge in [0.05, 0.1) is 34.9 Å². The summed E-state index contributed by atoms with van der Waals surface area (Å²) >= 11 is 0. The van der Waals surface area contributed by atoms with Crippen LogP contribution in [0.2, 0.25) is 0 Å². The lowest BCUT2D eigenvalue weighted by atomic mass is 10.1.